The van der Waals surface area contributed by atoms with Gasteiger partial charge in [0.2, 0.25) is 0 Å². The first-order chi connectivity index (χ1) is 60.4. The third-order valence-electron chi connectivity index (χ3n) is 24.6. The summed E-state index contributed by atoms with van der Waals surface area (Å²) in [5, 5.41) is 17.3. The molecule has 0 aliphatic carbocycles. The van der Waals surface area contributed by atoms with E-state index in [2.05, 4.69) is 361 Å². The van der Waals surface area contributed by atoms with Gasteiger partial charge in [0, 0.05) is 109 Å². The zero-order valence-corrected chi connectivity index (χ0v) is 65.0. The molecule has 0 radical (unpaired) electrons. The summed E-state index contributed by atoms with van der Waals surface area (Å²) >= 11 is 0. The molecular weight excluding hydrogens is 1500 g/mol. The fraction of sp³-hybridized carbons (Fsp3) is 0. The maximum Gasteiger partial charge on any atom is 0.164 e. The Morgan fingerprint density at radius 3 is 1.13 bits per heavy atom. The Bertz CT molecular complexity index is 8950. The number of para-hydroxylation sites is 4. The van der Waals surface area contributed by atoms with E-state index in [1.807, 2.05) is 24.3 Å². The summed E-state index contributed by atoms with van der Waals surface area (Å²) in [6.07, 6.45) is 0. The Labute approximate surface area is 694 Å². The number of nitrogens with zero attached hydrogens (tertiary/aromatic N) is 8. The van der Waals surface area contributed by atoms with Crippen LogP contribution in [0, 0.1) is 0 Å². The lowest BCUT2D eigenvalue weighted by Gasteiger charge is -2.11. The van der Waals surface area contributed by atoms with Gasteiger partial charge in [-0.05, 0) is 207 Å². The van der Waals surface area contributed by atoms with Crippen LogP contribution in [0.2, 0.25) is 0 Å². The highest BCUT2D eigenvalue weighted by Gasteiger charge is 2.25. The molecule has 0 saturated heterocycles. The highest BCUT2D eigenvalue weighted by Crippen LogP contribution is 2.46. The lowest BCUT2D eigenvalue weighted by molar-refractivity contribution is 0.668. The predicted molar refractivity (Wildman–Crippen MR) is 495 cm³/mol. The van der Waals surface area contributed by atoms with E-state index in [-0.39, 0.29) is 0 Å². The lowest BCUT2D eigenvalue weighted by atomic mass is 9.97. The Kier molecular flexibility index (Phi) is 14.6. The standard InChI is InChI=1S/C110H62N8O4/c1-2-22-77(23-3-1)117-92-31-12-9-27-86(92)103-79(28-15-32-94(103)117)70-45-52-97-90(58-70)85-48-41-75(61-101(85)121-97)109-113-106(72-38-36-64-18-5-7-20-66(64)54-72)114-110(116-109)76-42-49-87-102(62-76)122-98-34-16-29-80(104(87)98)69-21-14-24-78(55-69)118-91-30-11-8-25-81(91)88-56-67(43-50-93(88)118)68-44-51-96-89(57-68)84-47-40-74(60-100(84)120-96)108-112-105(71-37-35-63-17-4-6-19-65(63)53-71)111-107(115-108)73-39-46-83-82-26-10-13-33-95(82)119-99(83)59-73/h1-62H. The number of aromatic nitrogens is 8. The van der Waals surface area contributed by atoms with Crippen molar-refractivity contribution in [1.29, 1.82) is 0 Å². The molecule has 0 atom stereocenters. The average molecular weight is 1560 g/mol. The van der Waals surface area contributed by atoms with Crippen LogP contribution < -0.4 is 0 Å². The lowest BCUT2D eigenvalue weighted by Crippen LogP contribution is -2.00. The maximum absolute atomic E-state index is 6.91. The molecule has 18 aromatic carbocycles. The average Bonchev–Trinajstić information content (AvgIpc) is 1.57. The monoisotopic (exact) mass is 1560 g/mol. The first kappa shape index (κ1) is 67.5. The van der Waals surface area contributed by atoms with Gasteiger partial charge in [-0.15, -0.1) is 0 Å². The molecular formula is C110H62N8O4. The van der Waals surface area contributed by atoms with Crippen LogP contribution in [-0.2, 0) is 0 Å². The second kappa shape index (κ2) is 26.4. The van der Waals surface area contributed by atoms with Crippen molar-refractivity contribution in [2.75, 3.05) is 0 Å². The van der Waals surface area contributed by atoms with Gasteiger partial charge in [-0.3, -0.25) is 0 Å². The summed E-state index contributed by atoms with van der Waals surface area (Å²) in [6.45, 7) is 0. The number of hydrogen-bond donors (Lipinski definition) is 0. The minimum absolute atomic E-state index is 0.516. The summed E-state index contributed by atoms with van der Waals surface area (Å²) in [5.74, 6) is 3.23. The molecule has 0 spiro atoms. The molecule has 122 heavy (non-hydrogen) atoms. The predicted octanol–water partition coefficient (Wildman–Crippen LogP) is 29.2. The van der Waals surface area contributed by atoms with E-state index in [0.717, 1.165) is 220 Å². The molecule has 8 heterocycles. The summed E-state index contributed by atoms with van der Waals surface area (Å²) < 4.78 is 31.5. The van der Waals surface area contributed by atoms with Crippen LogP contribution in [0.5, 0.6) is 0 Å². The van der Waals surface area contributed by atoms with Gasteiger partial charge in [0.25, 0.3) is 0 Å². The zero-order valence-electron chi connectivity index (χ0n) is 65.0. The smallest absolute Gasteiger partial charge is 0.164 e. The Balaban J connectivity index is 0.527. The van der Waals surface area contributed by atoms with Crippen molar-refractivity contribution in [3.63, 3.8) is 0 Å². The summed E-state index contributed by atoms with van der Waals surface area (Å²) in [6, 6.07) is 132. The van der Waals surface area contributed by atoms with E-state index < -0.39 is 0 Å². The highest BCUT2D eigenvalue weighted by atomic mass is 16.3. The van der Waals surface area contributed by atoms with Gasteiger partial charge >= 0.3 is 0 Å². The van der Waals surface area contributed by atoms with Crippen molar-refractivity contribution in [2.24, 2.45) is 0 Å². The minimum atomic E-state index is 0.516. The van der Waals surface area contributed by atoms with Crippen molar-refractivity contribution in [2.45, 2.75) is 0 Å². The van der Waals surface area contributed by atoms with E-state index in [9.17, 15) is 0 Å². The molecule has 0 saturated carbocycles. The van der Waals surface area contributed by atoms with Gasteiger partial charge in [0.15, 0.2) is 34.9 Å². The molecule has 0 fully saturated rings. The van der Waals surface area contributed by atoms with E-state index in [1.54, 1.807) is 0 Å². The molecule has 0 unspecified atom stereocenters. The third-order valence-corrected chi connectivity index (χ3v) is 24.6. The minimum Gasteiger partial charge on any atom is -0.456 e. The largest absolute Gasteiger partial charge is 0.456 e. The van der Waals surface area contributed by atoms with Crippen molar-refractivity contribution >= 4 is 153 Å². The third kappa shape index (κ3) is 10.7. The number of rotatable bonds is 11. The van der Waals surface area contributed by atoms with Crippen molar-refractivity contribution < 1.29 is 17.7 Å². The van der Waals surface area contributed by atoms with Crippen molar-refractivity contribution in [3.05, 3.63) is 376 Å². The first-order valence-corrected chi connectivity index (χ1v) is 40.9. The molecule has 8 aromatic heterocycles. The second-order valence-electron chi connectivity index (χ2n) is 31.6. The number of hydrogen-bond acceptors (Lipinski definition) is 10. The molecule has 0 bridgehead atoms. The topological polar surface area (TPSA) is 140 Å². The summed E-state index contributed by atoms with van der Waals surface area (Å²) in [7, 11) is 0. The number of benzene rings is 18. The number of furan rings is 4. The fourth-order valence-corrected chi connectivity index (χ4v) is 18.8. The van der Waals surface area contributed by atoms with Crippen LogP contribution in [0.3, 0.4) is 0 Å². The first-order valence-electron chi connectivity index (χ1n) is 40.9. The van der Waals surface area contributed by atoms with Crippen LogP contribution in [0.15, 0.2) is 394 Å². The Morgan fingerprint density at radius 1 is 0.164 bits per heavy atom. The Morgan fingerprint density at radius 2 is 0.525 bits per heavy atom. The van der Waals surface area contributed by atoms with E-state index in [0.29, 0.717) is 34.9 Å². The van der Waals surface area contributed by atoms with Gasteiger partial charge in [-0.25, -0.2) is 29.9 Å². The molecule has 0 N–H and O–H groups in total. The molecule has 12 nitrogen and oxygen atoms in total. The van der Waals surface area contributed by atoms with Gasteiger partial charge in [0.1, 0.15) is 44.7 Å². The zero-order chi connectivity index (χ0) is 79.8. The van der Waals surface area contributed by atoms with Gasteiger partial charge in [-0.1, -0.05) is 224 Å². The van der Waals surface area contributed by atoms with Crippen molar-refractivity contribution in [1.82, 2.24) is 39.0 Å². The highest BCUT2D eigenvalue weighted by molar-refractivity contribution is 6.19. The van der Waals surface area contributed by atoms with Crippen LogP contribution in [0.1, 0.15) is 0 Å². The Hall–Kier alpha value is -16.7. The van der Waals surface area contributed by atoms with Crippen molar-refractivity contribution in [3.8, 4) is 113 Å². The van der Waals surface area contributed by atoms with E-state index in [4.69, 9.17) is 47.6 Å². The van der Waals surface area contributed by atoms with Gasteiger partial charge in [-0.2, -0.15) is 0 Å². The maximum atomic E-state index is 6.91. The molecule has 0 amide bonds. The fourth-order valence-electron chi connectivity index (χ4n) is 18.8. The van der Waals surface area contributed by atoms with Crippen LogP contribution in [0.25, 0.3) is 266 Å². The molecule has 26 aromatic rings. The van der Waals surface area contributed by atoms with Gasteiger partial charge in [0.05, 0.1) is 22.1 Å². The quantitative estimate of drug-likeness (QED) is 0.123. The molecule has 26 rings (SSSR count). The van der Waals surface area contributed by atoms with Crippen LogP contribution in [-0.4, -0.2) is 39.0 Å². The number of fused-ring (bicyclic) bond motifs is 20. The van der Waals surface area contributed by atoms with Crippen LogP contribution in [0.4, 0.5) is 0 Å². The van der Waals surface area contributed by atoms with Crippen LogP contribution >= 0.6 is 0 Å². The molecule has 566 valence electrons. The molecule has 0 aliphatic rings. The normalized spacial score (nSPS) is 12.1. The SMILES string of the molecule is c1ccc(-n2c3ccccc3c3c(-c4ccc5oc6cc(-c7nc(-c8ccc9ccccc9c8)nc(-c8ccc9c(c8)oc8cccc(-c%10cccc(-n%11c%12ccccc%12c%12cc(-c%13ccc%14oc%15cc(-c%16nc(-c%17ccc%18ccccc%18c%17)nc(-c%17ccc%18c(c%17)oc%17ccccc%17%18)n%16)ccc%15c%14c%13)ccc%12%11)c%10)c89)n7)ccc6c5c4)cccc32)cc1. The molecule has 12 heteroatoms. The summed E-state index contributed by atoms with van der Waals surface area (Å²) in [5.41, 5.74) is 24.4. The molecule has 0 aliphatic heterocycles. The second-order valence-corrected chi connectivity index (χ2v) is 31.6. The van der Waals surface area contributed by atoms with E-state index in [1.165, 1.54) is 10.8 Å². The van der Waals surface area contributed by atoms with E-state index >= 15 is 0 Å². The summed E-state index contributed by atoms with van der Waals surface area (Å²) in [4.78, 5) is 31.4. The van der Waals surface area contributed by atoms with Gasteiger partial charge < -0.3 is 26.8 Å².